The fourth-order valence-electron chi connectivity index (χ4n) is 6.47. The molecule has 2 nitrogen and oxygen atoms in total. The van der Waals surface area contributed by atoms with Crippen LogP contribution in [0.15, 0.2) is 18.7 Å². The van der Waals surface area contributed by atoms with Crippen LogP contribution >= 0.6 is 0 Å². The highest BCUT2D eigenvalue weighted by molar-refractivity contribution is 4.93. The van der Waals surface area contributed by atoms with Gasteiger partial charge >= 0.3 is 0 Å². The zero-order valence-electron chi connectivity index (χ0n) is 26.8. The van der Waals surface area contributed by atoms with Crippen molar-refractivity contribution >= 4 is 0 Å². The second kappa shape index (κ2) is 25.2. The molecule has 2 heteroatoms. The second-order valence-electron chi connectivity index (χ2n) is 12.7. The molecule has 0 aromatic carbocycles. The molecule has 1 aromatic heterocycles. The van der Waals surface area contributed by atoms with Gasteiger partial charge in [-0.1, -0.05) is 175 Å². The van der Waals surface area contributed by atoms with Crippen molar-refractivity contribution in [3.8, 4) is 0 Å². The summed E-state index contributed by atoms with van der Waals surface area (Å²) in [5.41, 5.74) is 0.214. The maximum absolute atomic E-state index is 4.41. The molecule has 0 fully saturated rings. The molecule has 0 spiro atoms. The van der Waals surface area contributed by atoms with Gasteiger partial charge in [-0.15, -0.1) is 0 Å². The maximum atomic E-state index is 4.41. The van der Waals surface area contributed by atoms with Gasteiger partial charge in [0.2, 0.25) is 0 Å². The molecule has 1 heterocycles. The van der Waals surface area contributed by atoms with Crippen molar-refractivity contribution < 1.29 is 0 Å². The van der Waals surface area contributed by atoms with Crippen LogP contribution in [0.5, 0.6) is 0 Å². The van der Waals surface area contributed by atoms with Gasteiger partial charge in [-0.05, 0) is 32.1 Å². The zero-order valence-corrected chi connectivity index (χ0v) is 26.8. The van der Waals surface area contributed by atoms with Crippen molar-refractivity contribution in [2.75, 3.05) is 0 Å². The summed E-state index contributed by atoms with van der Waals surface area (Å²) in [6, 6.07) is 0. The number of unbranched alkanes of at least 4 members (excludes halogenated alkanes) is 22. The molecule has 0 aliphatic carbocycles. The molecule has 1 aromatic rings. The van der Waals surface area contributed by atoms with Crippen LogP contribution in [0.3, 0.4) is 0 Å². The van der Waals surface area contributed by atoms with Crippen molar-refractivity contribution in [2.45, 2.75) is 207 Å². The number of aromatic nitrogens is 2. The van der Waals surface area contributed by atoms with Crippen LogP contribution in [-0.4, -0.2) is 9.55 Å². The van der Waals surface area contributed by atoms with Gasteiger partial charge in [0.1, 0.15) is 0 Å². The number of hydrogen-bond acceptors (Lipinski definition) is 1. The Morgan fingerprint density at radius 2 is 0.868 bits per heavy atom. The lowest BCUT2D eigenvalue weighted by atomic mass is 9.76. The van der Waals surface area contributed by atoms with Gasteiger partial charge in [0, 0.05) is 17.9 Å². The van der Waals surface area contributed by atoms with Gasteiger partial charge in [-0.2, -0.15) is 0 Å². The first kappa shape index (κ1) is 35.2. The SMILES string of the molecule is CCCCCCCCCCCCCCC(CCCCCCCCCCCCCC)C(C)(CC)n1ccnc1. The summed E-state index contributed by atoms with van der Waals surface area (Å²) in [7, 11) is 0. The molecule has 1 unspecified atom stereocenters. The van der Waals surface area contributed by atoms with E-state index >= 15 is 0 Å². The van der Waals surface area contributed by atoms with Crippen LogP contribution in [0.25, 0.3) is 0 Å². The van der Waals surface area contributed by atoms with Gasteiger partial charge < -0.3 is 4.57 Å². The molecule has 0 aliphatic heterocycles. The minimum atomic E-state index is 0.214. The molecule has 0 amide bonds. The Morgan fingerprint density at radius 3 is 1.16 bits per heavy atom. The first-order valence-corrected chi connectivity index (χ1v) is 17.7. The Morgan fingerprint density at radius 1 is 0.526 bits per heavy atom. The number of nitrogens with zero attached hydrogens (tertiary/aromatic N) is 2. The van der Waals surface area contributed by atoms with Crippen LogP contribution in [-0.2, 0) is 5.54 Å². The van der Waals surface area contributed by atoms with E-state index in [-0.39, 0.29) is 5.54 Å². The van der Waals surface area contributed by atoms with Crippen molar-refractivity contribution in [3.05, 3.63) is 18.7 Å². The summed E-state index contributed by atoms with van der Waals surface area (Å²) >= 11 is 0. The topological polar surface area (TPSA) is 17.8 Å². The smallest absolute Gasteiger partial charge is 0.0951 e. The summed E-state index contributed by atoms with van der Waals surface area (Å²) in [5.74, 6) is 0.771. The number of hydrogen-bond donors (Lipinski definition) is 0. The van der Waals surface area contributed by atoms with E-state index in [1.807, 2.05) is 6.20 Å². The van der Waals surface area contributed by atoms with E-state index in [1.54, 1.807) is 0 Å². The van der Waals surface area contributed by atoms with E-state index in [4.69, 9.17) is 0 Å². The van der Waals surface area contributed by atoms with E-state index in [1.165, 1.54) is 173 Å². The minimum Gasteiger partial charge on any atom is -0.331 e. The van der Waals surface area contributed by atoms with E-state index in [2.05, 4.69) is 49.8 Å². The molecule has 0 saturated carbocycles. The molecule has 224 valence electrons. The standard InChI is InChI=1S/C36H70N2/c1-5-8-10-12-14-16-18-20-22-24-26-28-30-35(36(4,7-3)38-33-32-37-34-38)31-29-27-25-23-21-19-17-15-13-11-9-6-2/h32-35H,5-31H2,1-4H3. The van der Waals surface area contributed by atoms with Crippen LogP contribution in [0, 0.1) is 5.92 Å². The summed E-state index contributed by atoms with van der Waals surface area (Å²) in [4.78, 5) is 4.41. The number of rotatable bonds is 29. The maximum Gasteiger partial charge on any atom is 0.0951 e. The van der Waals surface area contributed by atoms with E-state index in [9.17, 15) is 0 Å². The van der Waals surface area contributed by atoms with Crippen LogP contribution in [0.1, 0.15) is 201 Å². The third-order valence-corrected chi connectivity index (χ3v) is 9.50. The molecule has 38 heavy (non-hydrogen) atoms. The van der Waals surface area contributed by atoms with Gasteiger partial charge in [-0.3, -0.25) is 0 Å². The quantitative estimate of drug-likeness (QED) is 0.0941. The summed E-state index contributed by atoms with van der Waals surface area (Å²) in [5, 5.41) is 0. The molecule has 0 saturated heterocycles. The van der Waals surface area contributed by atoms with Crippen molar-refractivity contribution in [2.24, 2.45) is 5.92 Å². The molecular formula is C36H70N2. The molecule has 1 rings (SSSR count). The van der Waals surface area contributed by atoms with Crippen LogP contribution in [0.4, 0.5) is 0 Å². The second-order valence-corrected chi connectivity index (χ2v) is 12.7. The van der Waals surface area contributed by atoms with Gasteiger partial charge in [0.25, 0.3) is 0 Å². The fraction of sp³-hybridized carbons (Fsp3) is 0.917. The van der Waals surface area contributed by atoms with Gasteiger partial charge in [0.05, 0.1) is 6.33 Å². The zero-order chi connectivity index (χ0) is 27.6. The molecule has 0 N–H and O–H groups in total. The normalized spacial score (nSPS) is 13.4. The first-order valence-electron chi connectivity index (χ1n) is 17.7. The van der Waals surface area contributed by atoms with Crippen LogP contribution < -0.4 is 0 Å². The molecule has 0 bridgehead atoms. The monoisotopic (exact) mass is 531 g/mol. The Balaban J connectivity index is 2.24. The highest BCUT2D eigenvalue weighted by Crippen LogP contribution is 2.37. The lowest BCUT2D eigenvalue weighted by Gasteiger charge is -2.39. The van der Waals surface area contributed by atoms with Gasteiger partial charge in [-0.25, -0.2) is 4.98 Å². The Labute approximate surface area is 240 Å². The highest BCUT2D eigenvalue weighted by atomic mass is 15.1. The Bertz CT molecular complexity index is 552. The molecule has 0 aliphatic rings. The van der Waals surface area contributed by atoms with Crippen molar-refractivity contribution in [1.82, 2.24) is 9.55 Å². The lowest BCUT2D eigenvalue weighted by Crippen LogP contribution is -2.37. The summed E-state index contributed by atoms with van der Waals surface area (Å²) in [6.45, 7) is 9.50. The molecular weight excluding hydrogens is 460 g/mol. The average molecular weight is 531 g/mol. The first-order chi connectivity index (χ1) is 18.7. The third-order valence-electron chi connectivity index (χ3n) is 9.50. The Kier molecular flexibility index (Phi) is 23.4. The lowest BCUT2D eigenvalue weighted by molar-refractivity contribution is 0.153. The van der Waals surface area contributed by atoms with E-state index < -0.39 is 0 Å². The summed E-state index contributed by atoms with van der Waals surface area (Å²) in [6.07, 6.45) is 44.8. The fourth-order valence-corrected chi connectivity index (χ4v) is 6.47. The predicted molar refractivity (Wildman–Crippen MR) is 171 cm³/mol. The molecule has 1 atom stereocenters. The van der Waals surface area contributed by atoms with Crippen LogP contribution in [0.2, 0.25) is 0 Å². The minimum absolute atomic E-state index is 0.214. The van der Waals surface area contributed by atoms with E-state index in [0.717, 1.165) is 5.92 Å². The summed E-state index contributed by atoms with van der Waals surface area (Å²) < 4.78 is 2.43. The molecule has 0 radical (unpaired) electrons. The number of imidazole rings is 1. The van der Waals surface area contributed by atoms with Crippen molar-refractivity contribution in [3.63, 3.8) is 0 Å². The average Bonchev–Trinajstić information content (AvgIpc) is 3.48. The largest absolute Gasteiger partial charge is 0.331 e. The Hall–Kier alpha value is -0.790. The van der Waals surface area contributed by atoms with Gasteiger partial charge in [0.15, 0.2) is 0 Å². The predicted octanol–water partition coefficient (Wildman–Crippen LogP) is 12.8. The van der Waals surface area contributed by atoms with Crippen molar-refractivity contribution in [1.29, 1.82) is 0 Å². The highest BCUT2D eigenvalue weighted by Gasteiger charge is 2.33. The third kappa shape index (κ3) is 17.0. The van der Waals surface area contributed by atoms with E-state index in [0.29, 0.717) is 0 Å².